The number of halogens is 5. The third-order valence-electron chi connectivity index (χ3n) is 11.1. The van der Waals surface area contributed by atoms with E-state index >= 15 is 8.78 Å². The minimum absolute atomic E-state index is 0.0242. The van der Waals surface area contributed by atoms with E-state index in [-0.39, 0.29) is 49.6 Å². The van der Waals surface area contributed by atoms with E-state index in [1.165, 1.54) is 29.5 Å². The number of benzene rings is 5. The molecule has 8 nitrogen and oxygen atoms in total. The molecule has 0 radical (unpaired) electrons. The van der Waals surface area contributed by atoms with Crippen molar-refractivity contribution in [1.82, 2.24) is 4.31 Å². The Labute approximate surface area is 345 Å². The summed E-state index contributed by atoms with van der Waals surface area (Å²) in [6.07, 6.45) is 5.92. The molecule has 7 rings (SSSR count). The van der Waals surface area contributed by atoms with Crippen LogP contribution in [0.1, 0.15) is 89.9 Å². The zero-order valence-electron chi connectivity index (χ0n) is 32.6. The first kappa shape index (κ1) is 42.5. The molecule has 1 saturated carbocycles. The number of nitrogens with zero attached hydrogens (tertiary/aromatic N) is 2. The zero-order valence-corrected chi connectivity index (χ0v) is 33.4. The maximum absolute atomic E-state index is 15.1. The van der Waals surface area contributed by atoms with E-state index in [1.54, 1.807) is 12.1 Å². The van der Waals surface area contributed by atoms with Crippen LogP contribution in [0.4, 0.5) is 27.6 Å². The molecule has 1 aliphatic carbocycles. The average molecular weight is 847 g/mol. The number of hydrogen-bond donors (Lipinski definition) is 0. The molecule has 0 spiro atoms. The normalized spacial score (nSPS) is 16.3. The molecule has 0 bridgehead atoms. The minimum Gasteiger partial charge on any atom is -0.488 e. The van der Waals surface area contributed by atoms with Crippen molar-refractivity contribution in [2.75, 3.05) is 11.4 Å². The fourth-order valence-corrected chi connectivity index (χ4v) is 9.63. The molecule has 1 saturated heterocycles. The second kappa shape index (κ2) is 18.8. The lowest BCUT2D eigenvalue weighted by atomic mass is 9.84. The van der Waals surface area contributed by atoms with Crippen LogP contribution in [0.25, 0.3) is 0 Å². The van der Waals surface area contributed by atoms with Crippen molar-refractivity contribution in [3.05, 3.63) is 160 Å². The van der Waals surface area contributed by atoms with Crippen LogP contribution in [0.2, 0.25) is 0 Å². The fourth-order valence-electron chi connectivity index (χ4n) is 7.86. The number of sulfonamides is 1. The van der Waals surface area contributed by atoms with Gasteiger partial charge in [-0.2, -0.15) is 4.31 Å². The van der Waals surface area contributed by atoms with Gasteiger partial charge < -0.3 is 14.4 Å². The van der Waals surface area contributed by atoms with E-state index in [2.05, 4.69) is 0 Å². The highest BCUT2D eigenvalue weighted by Gasteiger charge is 2.44. The van der Waals surface area contributed by atoms with Crippen LogP contribution in [0.5, 0.6) is 5.75 Å². The van der Waals surface area contributed by atoms with Crippen LogP contribution >= 0.6 is 0 Å². The van der Waals surface area contributed by atoms with Crippen molar-refractivity contribution in [1.29, 1.82) is 0 Å². The number of ether oxygens (including phenoxy) is 2. The van der Waals surface area contributed by atoms with Crippen LogP contribution < -0.4 is 9.64 Å². The lowest BCUT2D eigenvalue weighted by Crippen LogP contribution is -2.53. The Kier molecular flexibility index (Phi) is 13.3. The maximum atomic E-state index is 15.1. The number of carbonyl (C=O) groups excluding carboxylic acids is 2. The Balaban J connectivity index is 1.28. The lowest BCUT2D eigenvalue weighted by Gasteiger charge is -2.37. The Morgan fingerprint density at radius 1 is 0.650 bits per heavy atom. The molecule has 1 atom stereocenters. The van der Waals surface area contributed by atoms with Gasteiger partial charge in [0.2, 0.25) is 21.7 Å². The van der Waals surface area contributed by atoms with Crippen LogP contribution in [-0.4, -0.2) is 37.2 Å². The molecular formula is C46H43F5N2O6S. The topological polar surface area (TPSA) is 93.2 Å². The van der Waals surface area contributed by atoms with Gasteiger partial charge in [0.15, 0.2) is 28.2 Å². The first-order valence-electron chi connectivity index (χ1n) is 19.9. The third-order valence-corrected chi connectivity index (χ3v) is 13.0. The van der Waals surface area contributed by atoms with Gasteiger partial charge in [0.1, 0.15) is 30.6 Å². The lowest BCUT2D eigenvalue weighted by molar-refractivity contribution is -0.123. The highest BCUT2D eigenvalue weighted by Crippen LogP contribution is 2.36. The van der Waals surface area contributed by atoms with Crippen molar-refractivity contribution in [3.8, 4) is 5.75 Å². The number of rotatable bonds is 13. The molecule has 2 fully saturated rings. The second-order valence-electron chi connectivity index (χ2n) is 15.0. The molecule has 0 aromatic heterocycles. The van der Waals surface area contributed by atoms with Gasteiger partial charge in [0, 0.05) is 18.3 Å². The van der Waals surface area contributed by atoms with Gasteiger partial charge in [0.05, 0.1) is 6.54 Å². The second-order valence-corrected chi connectivity index (χ2v) is 16.9. The summed E-state index contributed by atoms with van der Waals surface area (Å²) in [5.41, 5.74) is 3.55. The van der Waals surface area contributed by atoms with Gasteiger partial charge in [-0.1, -0.05) is 111 Å². The number of carbonyl (C=O) groups is 2. The predicted octanol–water partition coefficient (Wildman–Crippen LogP) is 10.1. The van der Waals surface area contributed by atoms with E-state index < -0.39 is 68.5 Å². The summed E-state index contributed by atoms with van der Waals surface area (Å²) < 4.78 is 113. The molecule has 0 unspecified atom stereocenters. The van der Waals surface area contributed by atoms with Crippen molar-refractivity contribution in [2.45, 2.75) is 88.0 Å². The molecule has 1 heterocycles. The summed E-state index contributed by atoms with van der Waals surface area (Å²) in [7, 11) is -5.48. The number of esters is 1. The number of piperidine rings is 1. The van der Waals surface area contributed by atoms with Crippen molar-refractivity contribution >= 4 is 27.6 Å². The SMILES string of the molecule is O=C(OCc1ccccc1)c1ccc(N(Cc2ccc(C3CCCCC3)cc2)C(=O)[C@H]2CCCCN2S(=O)(=O)c2c(F)c(F)c(F)c(F)c2F)cc1OCc1ccccc1. The monoisotopic (exact) mass is 846 g/mol. The predicted molar refractivity (Wildman–Crippen MR) is 214 cm³/mol. The maximum Gasteiger partial charge on any atom is 0.342 e. The van der Waals surface area contributed by atoms with E-state index in [0.29, 0.717) is 22.2 Å². The highest BCUT2D eigenvalue weighted by atomic mass is 32.2. The largest absolute Gasteiger partial charge is 0.488 e. The number of hydrogen-bond acceptors (Lipinski definition) is 6. The number of amides is 1. The van der Waals surface area contributed by atoms with Crippen molar-refractivity contribution < 1.29 is 49.4 Å². The molecular weight excluding hydrogens is 804 g/mol. The number of anilines is 1. The fraction of sp³-hybridized carbons (Fsp3) is 0.304. The highest BCUT2D eigenvalue weighted by molar-refractivity contribution is 7.89. The van der Waals surface area contributed by atoms with Gasteiger partial charge >= 0.3 is 5.97 Å². The van der Waals surface area contributed by atoms with E-state index in [0.717, 1.165) is 42.4 Å². The molecule has 14 heteroatoms. The van der Waals surface area contributed by atoms with Gasteiger partial charge in [0.25, 0.3) is 0 Å². The summed E-state index contributed by atoms with van der Waals surface area (Å²) in [5.74, 6) is -13.5. The van der Waals surface area contributed by atoms with Crippen LogP contribution in [0.3, 0.4) is 0 Å². The van der Waals surface area contributed by atoms with Crippen molar-refractivity contribution in [3.63, 3.8) is 0 Å². The Hall–Kier alpha value is -5.60. The van der Waals surface area contributed by atoms with Crippen LogP contribution in [0, 0.1) is 29.1 Å². The summed E-state index contributed by atoms with van der Waals surface area (Å²) in [6.45, 7) is -0.557. The zero-order chi connectivity index (χ0) is 42.4. The molecule has 1 aliphatic heterocycles. The quantitative estimate of drug-likeness (QED) is 0.0507. The molecule has 2 aliphatic rings. The van der Waals surface area contributed by atoms with Crippen LogP contribution in [-0.2, 0) is 39.3 Å². The summed E-state index contributed by atoms with van der Waals surface area (Å²) in [4.78, 5) is 27.8. The minimum atomic E-state index is -5.48. The third kappa shape index (κ3) is 9.24. The van der Waals surface area contributed by atoms with Gasteiger partial charge in [-0.3, -0.25) is 4.79 Å². The van der Waals surface area contributed by atoms with Gasteiger partial charge in [-0.15, -0.1) is 0 Å². The average Bonchev–Trinajstić information content (AvgIpc) is 3.28. The van der Waals surface area contributed by atoms with E-state index in [4.69, 9.17) is 9.47 Å². The molecule has 0 N–H and O–H groups in total. The Bertz CT molecular complexity index is 2400. The van der Waals surface area contributed by atoms with E-state index in [9.17, 15) is 31.2 Å². The molecule has 60 heavy (non-hydrogen) atoms. The summed E-state index contributed by atoms with van der Waals surface area (Å²) in [6, 6.07) is 28.7. The molecule has 1 amide bonds. The van der Waals surface area contributed by atoms with E-state index in [1.807, 2.05) is 72.8 Å². The smallest absolute Gasteiger partial charge is 0.342 e. The van der Waals surface area contributed by atoms with Gasteiger partial charge in [-0.05, 0) is 66.0 Å². The molecule has 5 aromatic carbocycles. The first-order chi connectivity index (χ1) is 28.9. The first-order valence-corrected chi connectivity index (χ1v) is 21.3. The Morgan fingerprint density at radius 3 is 1.87 bits per heavy atom. The van der Waals surface area contributed by atoms with Crippen LogP contribution in [0.15, 0.2) is 108 Å². The molecule has 314 valence electrons. The molecule has 5 aromatic rings. The summed E-state index contributed by atoms with van der Waals surface area (Å²) in [5, 5.41) is 0. The van der Waals surface area contributed by atoms with Crippen molar-refractivity contribution in [2.24, 2.45) is 0 Å². The standard InChI is InChI=1S/C46H43F5N2O6S/c47-39-40(48)42(50)44(43(51)41(39)49)60(56,57)53-25-11-10-18-37(53)45(54)52(27-30-19-21-34(22-20-30)33-16-8-3-9-17-33)35-23-24-36(46(55)59-29-32-14-6-2-7-15-32)38(26-35)58-28-31-12-4-1-5-13-31/h1-2,4-7,12-15,19-24,26,33,37H,3,8-11,16-18,25,27-29H2/t37-/m1/s1. The Morgan fingerprint density at radius 2 is 1.23 bits per heavy atom. The van der Waals surface area contributed by atoms with Gasteiger partial charge in [-0.25, -0.2) is 35.2 Å². The summed E-state index contributed by atoms with van der Waals surface area (Å²) >= 11 is 0.